The number of benzene rings is 1. The summed E-state index contributed by atoms with van der Waals surface area (Å²) in [6.45, 7) is 4.75. The number of hydrogen-bond acceptors (Lipinski definition) is 3. The lowest BCUT2D eigenvalue weighted by atomic mass is 10.1. The maximum atomic E-state index is 13.2. The van der Waals surface area contributed by atoms with Crippen molar-refractivity contribution in [2.24, 2.45) is 0 Å². The lowest BCUT2D eigenvalue weighted by Gasteiger charge is -2.10. The number of nitrogens with one attached hydrogen (secondary N) is 1. The largest absolute Gasteiger partial charge is 0.488 e. The lowest BCUT2D eigenvalue weighted by Crippen LogP contribution is -2.20. The molecule has 1 aromatic heterocycles. The van der Waals surface area contributed by atoms with Gasteiger partial charge < -0.3 is 14.6 Å². The number of imidazole rings is 1. The Balaban J connectivity index is 1.56. The van der Waals surface area contributed by atoms with Gasteiger partial charge in [0.15, 0.2) is 0 Å². The van der Waals surface area contributed by atoms with E-state index in [4.69, 9.17) is 4.74 Å². The van der Waals surface area contributed by atoms with E-state index in [0.717, 1.165) is 49.5 Å². The van der Waals surface area contributed by atoms with Crippen LogP contribution in [0.1, 0.15) is 18.2 Å². The standard InChI is InChI=1S/C16H20FN3O/c1-2-18-6-5-14-9-20(11-19-14)10-15-8-12-7-13(17)3-4-16(12)21-15/h3-4,7,9,11,15,18H,2,5-6,8,10H2,1H3. The van der Waals surface area contributed by atoms with Gasteiger partial charge in [-0.2, -0.15) is 0 Å². The van der Waals surface area contributed by atoms with Crippen molar-refractivity contribution >= 4 is 0 Å². The van der Waals surface area contributed by atoms with Crippen LogP contribution < -0.4 is 10.1 Å². The van der Waals surface area contributed by atoms with E-state index in [-0.39, 0.29) is 11.9 Å². The second-order valence-corrected chi connectivity index (χ2v) is 5.36. The first-order valence-corrected chi connectivity index (χ1v) is 7.41. The average molecular weight is 289 g/mol. The van der Waals surface area contributed by atoms with Crippen LogP contribution in [0.4, 0.5) is 4.39 Å². The molecule has 0 radical (unpaired) electrons. The van der Waals surface area contributed by atoms with Gasteiger partial charge in [-0.05, 0) is 24.7 Å². The Bertz CT molecular complexity index is 611. The molecule has 1 aromatic carbocycles. The molecule has 0 aliphatic carbocycles. The van der Waals surface area contributed by atoms with Gasteiger partial charge in [0.2, 0.25) is 0 Å². The van der Waals surface area contributed by atoms with Crippen molar-refractivity contribution in [2.45, 2.75) is 32.4 Å². The minimum absolute atomic E-state index is 0.0533. The Morgan fingerprint density at radius 2 is 2.38 bits per heavy atom. The summed E-state index contributed by atoms with van der Waals surface area (Å²) >= 11 is 0. The van der Waals surface area contributed by atoms with Crippen molar-refractivity contribution in [1.82, 2.24) is 14.9 Å². The molecule has 1 N–H and O–H groups in total. The Hall–Kier alpha value is -1.88. The number of aromatic nitrogens is 2. The van der Waals surface area contributed by atoms with Crippen LogP contribution in [-0.2, 0) is 19.4 Å². The van der Waals surface area contributed by atoms with E-state index < -0.39 is 0 Å². The van der Waals surface area contributed by atoms with Crippen LogP contribution in [0.2, 0.25) is 0 Å². The van der Waals surface area contributed by atoms with Crippen molar-refractivity contribution < 1.29 is 9.13 Å². The first kappa shape index (κ1) is 14.1. The van der Waals surface area contributed by atoms with E-state index in [2.05, 4.69) is 23.4 Å². The quantitative estimate of drug-likeness (QED) is 0.829. The third-order valence-corrected chi connectivity index (χ3v) is 3.67. The molecule has 0 spiro atoms. The van der Waals surface area contributed by atoms with Gasteiger partial charge in [-0.15, -0.1) is 0 Å². The van der Waals surface area contributed by atoms with E-state index >= 15 is 0 Å². The monoisotopic (exact) mass is 289 g/mol. The lowest BCUT2D eigenvalue weighted by molar-refractivity contribution is 0.209. The van der Waals surface area contributed by atoms with Crippen molar-refractivity contribution in [1.29, 1.82) is 0 Å². The molecule has 5 heteroatoms. The summed E-state index contributed by atoms with van der Waals surface area (Å²) in [5.41, 5.74) is 2.03. The first-order chi connectivity index (χ1) is 10.2. The van der Waals surface area contributed by atoms with Gasteiger partial charge in [0.25, 0.3) is 0 Å². The van der Waals surface area contributed by atoms with Crippen LogP contribution in [0.3, 0.4) is 0 Å². The molecule has 112 valence electrons. The maximum absolute atomic E-state index is 13.2. The van der Waals surface area contributed by atoms with Crippen LogP contribution in [0, 0.1) is 5.82 Å². The molecule has 1 aliphatic rings. The number of fused-ring (bicyclic) bond motifs is 1. The van der Waals surface area contributed by atoms with Gasteiger partial charge in [-0.3, -0.25) is 0 Å². The Morgan fingerprint density at radius 3 is 3.24 bits per heavy atom. The summed E-state index contributed by atoms with van der Waals surface area (Å²) in [4.78, 5) is 4.40. The molecule has 0 bridgehead atoms. The van der Waals surface area contributed by atoms with Crippen molar-refractivity contribution in [2.75, 3.05) is 13.1 Å². The van der Waals surface area contributed by atoms with E-state index in [0.29, 0.717) is 0 Å². The molecular weight excluding hydrogens is 269 g/mol. The maximum Gasteiger partial charge on any atom is 0.123 e. The van der Waals surface area contributed by atoms with Gasteiger partial charge in [0.05, 0.1) is 18.6 Å². The van der Waals surface area contributed by atoms with E-state index in [1.807, 2.05) is 10.9 Å². The van der Waals surface area contributed by atoms with E-state index in [1.54, 1.807) is 12.1 Å². The molecule has 1 aliphatic heterocycles. The van der Waals surface area contributed by atoms with Crippen molar-refractivity contribution in [3.8, 4) is 5.75 Å². The minimum atomic E-state index is -0.202. The molecule has 0 saturated heterocycles. The molecule has 0 fully saturated rings. The number of rotatable bonds is 6. The fraction of sp³-hybridized carbons (Fsp3) is 0.438. The van der Waals surface area contributed by atoms with Gasteiger partial charge >= 0.3 is 0 Å². The zero-order valence-corrected chi connectivity index (χ0v) is 12.2. The molecule has 2 heterocycles. The number of halogens is 1. The summed E-state index contributed by atoms with van der Waals surface area (Å²) in [6, 6.07) is 4.71. The molecule has 0 amide bonds. The molecule has 4 nitrogen and oxygen atoms in total. The Morgan fingerprint density at radius 1 is 1.48 bits per heavy atom. The van der Waals surface area contributed by atoms with Gasteiger partial charge in [-0.1, -0.05) is 6.92 Å². The second kappa shape index (κ2) is 6.26. The summed E-state index contributed by atoms with van der Waals surface area (Å²) in [6.07, 6.45) is 5.63. The predicted molar refractivity (Wildman–Crippen MR) is 79.0 cm³/mol. The van der Waals surface area contributed by atoms with Crippen LogP contribution in [-0.4, -0.2) is 28.7 Å². The minimum Gasteiger partial charge on any atom is -0.488 e. The first-order valence-electron chi connectivity index (χ1n) is 7.41. The average Bonchev–Trinajstić information content (AvgIpc) is 3.05. The highest BCUT2D eigenvalue weighted by molar-refractivity contribution is 5.37. The number of hydrogen-bond donors (Lipinski definition) is 1. The topological polar surface area (TPSA) is 39.1 Å². The summed E-state index contributed by atoms with van der Waals surface area (Å²) in [5.74, 6) is 0.597. The Labute approximate surface area is 124 Å². The number of nitrogens with zero attached hydrogens (tertiary/aromatic N) is 2. The molecule has 1 unspecified atom stereocenters. The van der Waals surface area contributed by atoms with Gasteiger partial charge in [-0.25, -0.2) is 9.37 Å². The third kappa shape index (κ3) is 3.42. The normalized spacial score (nSPS) is 16.8. The second-order valence-electron chi connectivity index (χ2n) is 5.36. The SMILES string of the molecule is CCNCCc1cn(CC2Cc3cc(F)ccc3O2)cn1. The Kier molecular flexibility index (Phi) is 4.20. The number of ether oxygens (including phenoxy) is 1. The highest BCUT2D eigenvalue weighted by Crippen LogP contribution is 2.29. The predicted octanol–water partition coefficient (Wildman–Crippen LogP) is 2.18. The van der Waals surface area contributed by atoms with E-state index in [9.17, 15) is 4.39 Å². The van der Waals surface area contributed by atoms with E-state index in [1.165, 1.54) is 6.07 Å². The summed E-state index contributed by atoms with van der Waals surface area (Å²) in [5, 5.41) is 3.29. The smallest absolute Gasteiger partial charge is 0.123 e. The summed E-state index contributed by atoms with van der Waals surface area (Å²) < 4.78 is 21.1. The van der Waals surface area contributed by atoms with Crippen molar-refractivity contribution in [3.63, 3.8) is 0 Å². The van der Waals surface area contributed by atoms with Gasteiger partial charge in [0, 0.05) is 31.1 Å². The van der Waals surface area contributed by atoms with Crippen LogP contribution in [0.5, 0.6) is 5.75 Å². The van der Waals surface area contributed by atoms with Crippen molar-refractivity contribution in [3.05, 3.63) is 47.8 Å². The zero-order chi connectivity index (χ0) is 14.7. The molecule has 21 heavy (non-hydrogen) atoms. The fourth-order valence-electron chi connectivity index (χ4n) is 2.65. The zero-order valence-electron chi connectivity index (χ0n) is 12.2. The molecule has 3 rings (SSSR count). The molecule has 2 aromatic rings. The number of likely N-dealkylation sites (N-methyl/N-ethyl adjacent to an activating group) is 1. The highest BCUT2D eigenvalue weighted by atomic mass is 19.1. The van der Waals surface area contributed by atoms with Crippen LogP contribution >= 0.6 is 0 Å². The fourth-order valence-corrected chi connectivity index (χ4v) is 2.65. The summed E-state index contributed by atoms with van der Waals surface area (Å²) in [7, 11) is 0. The highest BCUT2D eigenvalue weighted by Gasteiger charge is 2.23. The third-order valence-electron chi connectivity index (χ3n) is 3.67. The van der Waals surface area contributed by atoms with Crippen LogP contribution in [0.25, 0.3) is 0 Å². The van der Waals surface area contributed by atoms with Gasteiger partial charge in [0.1, 0.15) is 17.7 Å². The van der Waals surface area contributed by atoms with Crippen LogP contribution in [0.15, 0.2) is 30.7 Å². The molecule has 0 saturated carbocycles. The molecule has 1 atom stereocenters. The molecular formula is C16H20FN3O.